The van der Waals surface area contributed by atoms with E-state index in [1.165, 1.54) is 0 Å². The molecule has 3 nitrogen and oxygen atoms in total. The Bertz CT molecular complexity index is 401. The topological polar surface area (TPSA) is 30.5 Å². The smallest absolute Gasteiger partial charge is 0.166 e. The van der Waals surface area contributed by atoms with Crippen molar-refractivity contribution in [3.8, 4) is 11.5 Å². The van der Waals surface area contributed by atoms with Crippen LogP contribution in [0.2, 0.25) is 0 Å². The normalized spacial score (nSPS) is 18.9. The number of benzene rings is 1. The molecule has 0 saturated carbocycles. The van der Waals surface area contributed by atoms with E-state index >= 15 is 0 Å². The van der Waals surface area contributed by atoms with E-state index < -0.39 is 0 Å². The molecule has 1 aliphatic rings. The van der Waals surface area contributed by atoms with Crippen molar-refractivity contribution < 1.29 is 9.47 Å². The zero-order valence-corrected chi connectivity index (χ0v) is 9.75. The van der Waals surface area contributed by atoms with E-state index in [9.17, 15) is 0 Å². The monoisotopic (exact) mass is 219 g/mol. The van der Waals surface area contributed by atoms with Gasteiger partial charge in [-0.05, 0) is 18.2 Å². The van der Waals surface area contributed by atoms with Gasteiger partial charge in [-0.15, -0.1) is 0 Å². The lowest BCUT2D eigenvalue weighted by Crippen LogP contribution is -2.29. The molecule has 0 aliphatic carbocycles. The number of fused-ring (bicyclic) bond motifs is 1. The zero-order valence-electron chi connectivity index (χ0n) is 9.75. The average Bonchev–Trinajstić information content (AvgIpc) is 2.32. The highest BCUT2D eigenvalue weighted by molar-refractivity contribution is 5.52. The molecule has 16 heavy (non-hydrogen) atoms. The second-order valence-electron chi connectivity index (χ2n) is 3.82. The van der Waals surface area contributed by atoms with E-state index in [1.807, 2.05) is 12.1 Å². The Balaban J connectivity index is 2.43. The molecule has 1 heterocycles. The van der Waals surface area contributed by atoms with Crippen LogP contribution in [0.25, 0.3) is 0 Å². The Morgan fingerprint density at radius 2 is 2.38 bits per heavy atom. The van der Waals surface area contributed by atoms with Crippen molar-refractivity contribution in [2.24, 2.45) is 0 Å². The van der Waals surface area contributed by atoms with Gasteiger partial charge in [0.15, 0.2) is 11.5 Å². The van der Waals surface area contributed by atoms with Crippen LogP contribution in [0.4, 0.5) is 0 Å². The highest BCUT2D eigenvalue weighted by Gasteiger charge is 2.25. The quantitative estimate of drug-likeness (QED) is 0.791. The Morgan fingerprint density at radius 1 is 1.56 bits per heavy atom. The maximum atomic E-state index is 5.67. The van der Waals surface area contributed by atoms with E-state index in [-0.39, 0.29) is 6.04 Å². The Kier molecular flexibility index (Phi) is 3.15. The largest absolute Gasteiger partial charge is 0.493 e. The molecule has 1 aliphatic heterocycles. The molecule has 0 radical (unpaired) electrons. The van der Waals surface area contributed by atoms with Gasteiger partial charge in [0.05, 0.1) is 13.2 Å². The fourth-order valence-electron chi connectivity index (χ4n) is 2.00. The second-order valence-corrected chi connectivity index (χ2v) is 3.82. The molecule has 0 bridgehead atoms. The predicted octanol–water partition coefficient (Wildman–Crippen LogP) is 2.29. The summed E-state index contributed by atoms with van der Waals surface area (Å²) in [6, 6.07) is 6.11. The first-order chi connectivity index (χ1) is 7.77. The van der Waals surface area contributed by atoms with Gasteiger partial charge in [0.1, 0.15) is 6.61 Å². The fourth-order valence-corrected chi connectivity index (χ4v) is 2.00. The van der Waals surface area contributed by atoms with E-state index in [1.54, 1.807) is 7.11 Å². The molecule has 1 atom stereocenters. The Hall–Kier alpha value is -1.48. The zero-order chi connectivity index (χ0) is 11.5. The molecular weight excluding hydrogens is 202 g/mol. The van der Waals surface area contributed by atoms with E-state index in [2.05, 4.69) is 24.9 Å². The van der Waals surface area contributed by atoms with Crippen molar-refractivity contribution in [3.05, 3.63) is 35.9 Å². The maximum absolute atomic E-state index is 5.67. The first kappa shape index (κ1) is 11.0. The first-order valence-electron chi connectivity index (χ1n) is 5.48. The molecule has 86 valence electrons. The SMILES string of the molecule is C=C1COc2c(OC)cccc2C1NCC. The van der Waals surface area contributed by atoms with Crippen LogP contribution in [-0.4, -0.2) is 20.3 Å². The van der Waals surface area contributed by atoms with Gasteiger partial charge >= 0.3 is 0 Å². The Morgan fingerprint density at radius 3 is 3.06 bits per heavy atom. The molecule has 1 N–H and O–H groups in total. The molecule has 0 spiro atoms. The summed E-state index contributed by atoms with van der Waals surface area (Å²) in [5.41, 5.74) is 2.17. The van der Waals surface area contributed by atoms with Gasteiger partial charge in [0.2, 0.25) is 0 Å². The highest BCUT2D eigenvalue weighted by atomic mass is 16.5. The van der Waals surface area contributed by atoms with Gasteiger partial charge < -0.3 is 14.8 Å². The minimum atomic E-state index is 0.170. The van der Waals surface area contributed by atoms with Crippen LogP contribution < -0.4 is 14.8 Å². The number of hydrogen-bond donors (Lipinski definition) is 1. The third kappa shape index (κ3) is 1.78. The van der Waals surface area contributed by atoms with Gasteiger partial charge in [0.25, 0.3) is 0 Å². The number of methoxy groups -OCH3 is 1. The highest BCUT2D eigenvalue weighted by Crippen LogP contribution is 2.40. The van der Waals surface area contributed by atoms with Crippen LogP contribution in [0, 0.1) is 0 Å². The van der Waals surface area contributed by atoms with Gasteiger partial charge in [-0.1, -0.05) is 25.6 Å². The van der Waals surface area contributed by atoms with Crippen LogP contribution in [0.1, 0.15) is 18.5 Å². The van der Waals surface area contributed by atoms with Gasteiger partial charge in [-0.25, -0.2) is 0 Å². The van der Waals surface area contributed by atoms with Crippen molar-refractivity contribution in [2.45, 2.75) is 13.0 Å². The van der Waals surface area contributed by atoms with E-state index in [0.29, 0.717) is 6.61 Å². The lowest BCUT2D eigenvalue weighted by molar-refractivity contribution is 0.287. The van der Waals surface area contributed by atoms with E-state index in [4.69, 9.17) is 9.47 Å². The van der Waals surface area contributed by atoms with Crippen LogP contribution in [-0.2, 0) is 0 Å². The van der Waals surface area contributed by atoms with Gasteiger partial charge in [-0.2, -0.15) is 0 Å². The standard InChI is InChI=1S/C13H17NO2/c1-4-14-12-9(2)8-16-13-10(12)6-5-7-11(13)15-3/h5-7,12,14H,2,4,8H2,1,3H3. The van der Waals surface area contributed by atoms with Crippen molar-refractivity contribution in [3.63, 3.8) is 0 Å². The summed E-state index contributed by atoms with van der Waals surface area (Å²) in [5, 5.41) is 3.41. The maximum Gasteiger partial charge on any atom is 0.166 e. The molecule has 0 aromatic heterocycles. The number of hydrogen-bond acceptors (Lipinski definition) is 3. The lowest BCUT2D eigenvalue weighted by Gasteiger charge is -2.29. The average molecular weight is 219 g/mol. The summed E-state index contributed by atoms with van der Waals surface area (Å²) in [5.74, 6) is 1.62. The summed E-state index contributed by atoms with van der Waals surface area (Å²) in [6.07, 6.45) is 0. The lowest BCUT2D eigenvalue weighted by atomic mass is 9.96. The van der Waals surface area contributed by atoms with Crippen molar-refractivity contribution >= 4 is 0 Å². The molecule has 3 heteroatoms. The molecule has 2 rings (SSSR count). The summed E-state index contributed by atoms with van der Waals surface area (Å²) in [6.45, 7) is 7.58. The van der Waals surface area contributed by atoms with Crippen LogP contribution in [0.5, 0.6) is 11.5 Å². The van der Waals surface area contributed by atoms with Gasteiger partial charge in [-0.3, -0.25) is 0 Å². The molecule has 1 unspecified atom stereocenters. The van der Waals surface area contributed by atoms with Crippen LogP contribution in [0.3, 0.4) is 0 Å². The summed E-state index contributed by atoms with van der Waals surface area (Å²) in [7, 11) is 1.66. The number of nitrogens with one attached hydrogen (secondary N) is 1. The third-order valence-corrected chi connectivity index (χ3v) is 2.76. The predicted molar refractivity (Wildman–Crippen MR) is 64.0 cm³/mol. The van der Waals surface area contributed by atoms with Crippen molar-refractivity contribution in [2.75, 3.05) is 20.3 Å². The number of ether oxygens (including phenoxy) is 2. The minimum Gasteiger partial charge on any atom is -0.493 e. The third-order valence-electron chi connectivity index (χ3n) is 2.76. The van der Waals surface area contributed by atoms with Gasteiger partial charge in [0, 0.05) is 5.56 Å². The molecular formula is C13H17NO2. The molecule has 1 aromatic rings. The molecule has 0 saturated heterocycles. The number of para-hydroxylation sites is 1. The second kappa shape index (κ2) is 4.58. The summed E-state index contributed by atoms with van der Waals surface area (Å²) < 4.78 is 11.0. The van der Waals surface area contributed by atoms with Crippen LogP contribution >= 0.6 is 0 Å². The van der Waals surface area contributed by atoms with Crippen molar-refractivity contribution in [1.82, 2.24) is 5.32 Å². The number of rotatable bonds is 3. The minimum absolute atomic E-state index is 0.170. The Labute approximate surface area is 96.1 Å². The molecule has 0 amide bonds. The fraction of sp³-hybridized carbons (Fsp3) is 0.385. The summed E-state index contributed by atoms with van der Waals surface area (Å²) >= 11 is 0. The number of likely N-dealkylation sites (N-methyl/N-ethyl adjacent to an activating group) is 1. The first-order valence-corrected chi connectivity index (χ1v) is 5.48. The molecule has 1 aromatic carbocycles. The van der Waals surface area contributed by atoms with E-state index in [0.717, 1.165) is 29.2 Å². The molecule has 0 fully saturated rings. The summed E-state index contributed by atoms with van der Waals surface area (Å²) in [4.78, 5) is 0. The van der Waals surface area contributed by atoms with Crippen molar-refractivity contribution in [1.29, 1.82) is 0 Å². The van der Waals surface area contributed by atoms with Crippen LogP contribution in [0.15, 0.2) is 30.4 Å².